The van der Waals surface area contributed by atoms with Crippen molar-refractivity contribution in [2.75, 3.05) is 7.11 Å². The van der Waals surface area contributed by atoms with Crippen LogP contribution in [-0.2, 0) is 6.54 Å². The molecule has 0 saturated carbocycles. The van der Waals surface area contributed by atoms with E-state index in [1.54, 1.807) is 7.11 Å². The summed E-state index contributed by atoms with van der Waals surface area (Å²) in [6.45, 7) is 2.84. The van der Waals surface area contributed by atoms with Crippen LogP contribution < -0.4 is 10.1 Å². The first-order valence-corrected chi connectivity index (χ1v) is 6.85. The summed E-state index contributed by atoms with van der Waals surface area (Å²) in [4.78, 5) is 0. The van der Waals surface area contributed by atoms with Gasteiger partial charge < -0.3 is 10.1 Å². The Labute approximate surface area is 119 Å². The van der Waals surface area contributed by atoms with Gasteiger partial charge in [0.05, 0.1) is 7.11 Å². The summed E-state index contributed by atoms with van der Waals surface area (Å²) in [5, 5.41) is 3.49. The minimum atomic E-state index is -0.201. The van der Waals surface area contributed by atoms with Crippen molar-refractivity contribution in [3.05, 3.63) is 65.5 Å². The lowest BCUT2D eigenvalue weighted by Gasteiger charge is -2.18. The topological polar surface area (TPSA) is 21.3 Å². The molecule has 1 N–H and O–H groups in total. The second kappa shape index (κ2) is 7.06. The summed E-state index contributed by atoms with van der Waals surface area (Å²) in [5.74, 6) is 0.683. The first-order chi connectivity index (χ1) is 9.74. The lowest BCUT2D eigenvalue weighted by atomic mass is 10.0. The average Bonchev–Trinajstić information content (AvgIpc) is 2.50. The molecule has 0 aliphatic rings. The molecule has 20 heavy (non-hydrogen) atoms. The largest absolute Gasteiger partial charge is 0.496 e. The first-order valence-electron chi connectivity index (χ1n) is 6.85. The van der Waals surface area contributed by atoms with E-state index in [0.29, 0.717) is 0 Å². The van der Waals surface area contributed by atoms with Crippen LogP contribution in [0.1, 0.15) is 30.5 Å². The van der Waals surface area contributed by atoms with Crippen molar-refractivity contribution in [1.29, 1.82) is 0 Å². The Morgan fingerprint density at radius 2 is 1.80 bits per heavy atom. The zero-order chi connectivity index (χ0) is 14.4. The number of nitrogens with one attached hydrogen (secondary N) is 1. The average molecular weight is 273 g/mol. The van der Waals surface area contributed by atoms with Crippen LogP contribution in [0.4, 0.5) is 4.39 Å². The smallest absolute Gasteiger partial charge is 0.123 e. The van der Waals surface area contributed by atoms with E-state index in [0.717, 1.165) is 29.8 Å². The molecule has 0 amide bonds. The third-order valence-corrected chi connectivity index (χ3v) is 3.41. The Morgan fingerprint density at radius 1 is 1.10 bits per heavy atom. The lowest BCUT2D eigenvalue weighted by Crippen LogP contribution is -2.20. The second-order valence-electron chi connectivity index (χ2n) is 4.71. The number of para-hydroxylation sites is 1. The van der Waals surface area contributed by atoms with Gasteiger partial charge in [0.15, 0.2) is 0 Å². The zero-order valence-corrected chi connectivity index (χ0v) is 11.9. The zero-order valence-electron chi connectivity index (χ0n) is 11.9. The highest BCUT2D eigenvalue weighted by molar-refractivity contribution is 5.33. The van der Waals surface area contributed by atoms with Crippen molar-refractivity contribution >= 4 is 0 Å². The Morgan fingerprint density at radius 3 is 2.45 bits per heavy atom. The maximum absolute atomic E-state index is 13.0. The molecule has 2 aromatic carbocycles. The molecule has 3 heteroatoms. The van der Waals surface area contributed by atoms with Crippen molar-refractivity contribution in [3.8, 4) is 5.75 Å². The number of hydrogen-bond acceptors (Lipinski definition) is 2. The summed E-state index contributed by atoms with van der Waals surface area (Å²) in [6.07, 6.45) is 0.945. The minimum absolute atomic E-state index is 0.201. The Bertz CT molecular complexity index is 539. The van der Waals surface area contributed by atoms with Gasteiger partial charge >= 0.3 is 0 Å². The number of benzene rings is 2. The molecule has 0 heterocycles. The summed E-state index contributed by atoms with van der Waals surface area (Å²) in [6, 6.07) is 14.8. The number of methoxy groups -OCH3 is 1. The monoisotopic (exact) mass is 273 g/mol. The second-order valence-corrected chi connectivity index (χ2v) is 4.71. The van der Waals surface area contributed by atoms with E-state index in [1.165, 1.54) is 12.1 Å². The van der Waals surface area contributed by atoms with Crippen molar-refractivity contribution in [2.24, 2.45) is 0 Å². The van der Waals surface area contributed by atoms with Crippen molar-refractivity contribution in [2.45, 2.75) is 25.9 Å². The van der Waals surface area contributed by atoms with E-state index in [2.05, 4.69) is 12.2 Å². The summed E-state index contributed by atoms with van der Waals surface area (Å²) < 4.78 is 18.3. The molecule has 0 bridgehead atoms. The van der Waals surface area contributed by atoms with Gasteiger partial charge in [-0.05, 0) is 30.2 Å². The van der Waals surface area contributed by atoms with Gasteiger partial charge in [-0.2, -0.15) is 0 Å². The van der Waals surface area contributed by atoms with E-state index in [4.69, 9.17) is 4.74 Å². The highest BCUT2D eigenvalue weighted by Crippen LogP contribution is 2.21. The fraction of sp³-hybridized carbons (Fsp3) is 0.294. The van der Waals surface area contributed by atoms with Gasteiger partial charge in [-0.25, -0.2) is 4.39 Å². The summed E-state index contributed by atoms with van der Waals surface area (Å²) in [5.41, 5.74) is 2.22. The van der Waals surface area contributed by atoms with Crippen LogP contribution in [0.3, 0.4) is 0 Å². The van der Waals surface area contributed by atoms with Gasteiger partial charge in [-0.15, -0.1) is 0 Å². The fourth-order valence-corrected chi connectivity index (χ4v) is 2.28. The first kappa shape index (κ1) is 14.5. The molecule has 0 aromatic heterocycles. The fourth-order valence-electron chi connectivity index (χ4n) is 2.28. The van der Waals surface area contributed by atoms with Crippen LogP contribution in [0.25, 0.3) is 0 Å². The summed E-state index contributed by atoms with van der Waals surface area (Å²) in [7, 11) is 1.68. The third kappa shape index (κ3) is 3.58. The number of hydrogen-bond donors (Lipinski definition) is 1. The Hall–Kier alpha value is -1.87. The van der Waals surface area contributed by atoms with Crippen molar-refractivity contribution in [3.63, 3.8) is 0 Å². The van der Waals surface area contributed by atoms with Gasteiger partial charge in [0.1, 0.15) is 11.6 Å². The molecule has 0 saturated heterocycles. The highest BCUT2D eigenvalue weighted by atomic mass is 19.1. The van der Waals surface area contributed by atoms with Gasteiger partial charge in [-0.3, -0.25) is 0 Å². The van der Waals surface area contributed by atoms with Crippen LogP contribution in [0.2, 0.25) is 0 Å². The van der Waals surface area contributed by atoms with E-state index in [-0.39, 0.29) is 11.9 Å². The minimum Gasteiger partial charge on any atom is -0.496 e. The van der Waals surface area contributed by atoms with Crippen molar-refractivity contribution in [1.82, 2.24) is 5.32 Å². The highest BCUT2D eigenvalue weighted by Gasteiger charge is 2.10. The standard InChI is InChI=1S/C17H20FNO/c1-3-16(13-8-10-15(18)11-9-13)19-12-14-6-4-5-7-17(14)20-2/h4-11,16,19H,3,12H2,1-2H3. The number of rotatable bonds is 6. The van der Waals surface area contributed by atoms with E-state index in [1.807, 2.05) is 36.4 Å². The molecule has 1 atom stereocenters. The Kier molecular flexibility index (Phi) is 5.13. The third-order valence-electron chi connectivity index (χ3n) is 3.41. The molecule has 0 spiro atoms. The predicted molar refractivity (Wildman–Crippen MR) is 79.3 cm³/mol. The van der Waals surface area contributed by atoms with Gasteiger partial charge in [0.2, 0.25) is 0 Å². The molecule has 106 valence electrons. The van der Waals surface area contributed by atoms with E-state index < -0.39 is 0 Å². The van der Waals surface area contributed by atoms with Crippen LogP contribution in [0, 0.1) is 5.82 Å². The van der Waals surface area contributed by atoms with Crippen LogP contribution >= 0.6 is 0 Å². The summed E-state index contributed by atoms with van der Waals surface area (Å²) >= 11 is 0. The SMILES string of the molecule is CCC(NCc1ccccc1OC)c1ccc(F)cc1. The molecule has 0 radical (unpaired) electrons. The molecule has 2 aromatic rings. The molecule has 0 aliphatic heterocycles. The normalized spacial score (nSPS) is 12.2. The lowest BCUT2D eigenvalue weighted by molar-refractivity contribution is 0.404. The number of halogens is 1. The molecular weight excluding hydrogens is 253 g/mol. The Balaban J connectivity index is 2.05. The molecular formula is C17H20FNO. The van der Waals surface area contributed by atoms with Crippen LogP contribution in [0.5, 0.6) is 5.75 Å². The van der Waals surface area contributed by atoms with E-state index in [9.17, 15) is 4.39 Å². The molecule has 0 aliphatic carbocycles. The molecule has 2 rings (SSSR count). The number of ether oxygens (including phenoxy) is 1. The molecule has 0 fully saturated rings. The quantitative estimate of drug-likeness (QED) is 0.856. The maximum Gasteiger partial charge on any atom is 0.123 e. The van der Waals surface area contributed by atoms with Crippen LogP contribution in [0.15, 0.2) is 48.5 Å². The van der Waals surface area contributed by atoms with Gasteiger partial charge in [-0.1, -0.05) is 37.3 Å². The predicted octanol–water partition coefficient (Wildman–Crippen LogP) is 4.08. The van der Waals surface area contributed by atoms with Gasteiger partial charge in [0, 0.05) is 18.2 Å². The van der Waals surface area contributed by atoms with E-state index >= 15 is 0 Å². The van der Waals surface area contributed by atoms with Crippen LogP contribution in [-0.4, -0.2) is 7.11 Å². The molecule has 2 nitrogen and oxygen atoms in total. The van der Waals surface area contributed by atoms with Crippen molar-refractivity contribution < 1.29 is 9.13 Å². The molecule has 1 unspecified atom stereocenters. The van der Waals surface area contributed by atoms with Gasteiger partial charge in [0.25, 0.3) is 0 Å². The maximum atomic E-state index is 13.0.